The fourth-order valence-electron chi connectivity index (χ4n) is 1.61. The Kier molecular flexibility index (Phi) is 6.09. The molecule has 0 atom stereocenters. The van der Waals surface area contributed by atoms with Crippen LogP contribution in [0, 0.1) is 5.41 Å². The number of ketones is 1. The van der Waals surface area contributed by atoms with E-state index in [1.807, 2.05) is 20.8 Å². The summed E-state index contributed by atoms with van der Waals surface area (Å²) in [4.78, 5) is 10.9. The Morgan fingerprint density at radius 2 is 1.71 bits per heavy atom. The van der Waals surface area contributed by atoms with Gasteiger partial charge in [0.25, 0.3) is 0 Å². The van der Waals surface area contributed by atoms with E-state index in [-0.39, 0.29) is 11.5 Å². The van der Waals surface area contributed by atoms with Crippen molar-refractivity contribution in [1.82, 2.24) is 0 Å². The van der Waals surface area contributed by atoms with E-state index < -0.39 is 0 Å². The average molecular weight is 195 g/mol. The first-order valence-corrected chi connectivity index (χ1v) is 5.41. The average Bonchev–Trinajstić information content (AvgIpc) is 2.20. The molecule has 14 heavy (non-hydrogen) atoms. The van der Waals surface area contributed by atoms with Gasteiger partial charge in [-0.3, -0.25) is 10.2 Å². The highest BCUT2D eigenvalue weighted by molar-refractivity contribution is 6.44. The summed E-state index contributed by atoms with van der Waals surface area (Å²) in [6, 6.07) is 0. The lowest BCUT2D eigenvalue weighted by Crippen LogP contribution is -2.15. The van der Waals surface area contributed by atoms with Gasteiger partial charge >= 0.3 is 0 Å². The van der Waals surface area contributed by atoms with Gasteiger partial charge in [-0.2, -0.15) is 0 Å². The number of rotatable bonds is 2. The van der Waals surface area contributed by atoms with Crippen molar-refractivity contribution < 1.29 is 4.79 Å². The Morgan fingerprint density at radius 3 is 2.14 bits per heavy atom. The molecule has 1 aliphatic carbocycles. The predicted octanol–water partition coefficient (Wildman–Crippen LogP) is 3.51. The highest BCUT2D eigenvalue weighted by Crippen LogP contribution is 2.24. The van der Waals surface area contributed by atoms with Crippen LogP contribution in [0.15, 0.2) is 11.1 Å². The molecule has 1 aliphatic rings. The van der Waals surface area contributed by atoms with Gasteiger partial charge in [0.2, 0.25) is 0 Å². The molecule has 0 radical (unpaired) electrons. The zero-order valence-electron chi connectivity index (χ0n) is 9.74. The summed E-state index contributed by atoms with van der Waals surface area (Å²) in [5.41, 5.74) is 2.46. The van der Waals surface area contributed by atoms with Crippen LogP contribution in [0.5, 0.6) is 0 Å². The second kappa shape index (κ2) is 6.52. The molecule has 80 valence electrons. The number of nitrogens with one attached hydrogen (secondary N) is 1. The summed E-state index contributed by atoms with van der Waals surface area (Å²) in [6.45, 7) is 7.50. The van der Waals surface area contributed by atoms with Gasteiger partial charge in [-0.05, 0) is 38.2 Å². The number of Topliss-reactive ketones (excluding diaryl/α,β-unsaturated/α-hetero) is 1. The van der Waals surface area contributed by atoms with Gasteiger partial charge in [0.05, 0.1) is 5.71 Å². The van der Waals surface area contributed by atoms with E-state index >= 15 is 0 Å². The first kappa shape index (κ1) is 13.1. The van der Waals surface area contributed by atoms with E-state index in [2.05, 4.69) is 0 Å². The minimum absolute atomic E-state index is 0.105. The van der Waals surface area contributed by atoms with Crippen LogP contribution in [0.4, 0.5) is 0 Å². The molecule has 2 heteroatoms. The van der Waals surface area contributed by atoms with Crippen LogP contribution in [0.3, 0.4) is 0 Å². The van der Waals surface area contributed by atoms with Crippen molar-refractivity contribution >= 4 is 11.5 Å². The largest absolute Gasteiger partial charge is 0.297 e. The summed E-state index contributed by atoms with van der Waals surface area (Å²) >= 11 is 0. The minimum Gasteiger partial charge on any atom is -0.297 e. The third-order valence-electron chi connectivity index (χ3n) is 2.40. The van der Waals surface area contributed by atoms with Gasteiger partial charge < -0.3 is 0 Å². The minimum atomic E-state index is -0.105. The fourth-order valence-corrected chi connectivity index (χ4v) is 1.61. The van der Waals surface area contributed by atoms with Crippen LogP contribution in [-0.4, -0.2) is 11.5 Å². The molecule has 1 rings (SSSR count). The van der Waals surface area contributed by atoms with Crippen LogP contribution in [0.2, 0.25) is 0 Å². The lowest BCUT2D eigenvalue weighted by Gasteiger charge is -2.16. The molecule has 0 saturated heterocycles. The quantitative estimate of drug-likeness (QED) is 0.673. The normalized spacial score (nSPS) is 15.7. The molecule has 0 aliphatic heterocycles. The maximum absolute atomic E-state index is 10.9. The summed E-state index contributed by atoms with van der Waals surface area (Å²) in [5, 5.41) is 7.56. The third-order valence-corrected chi connectivity index (χ3v) is 2.40. The molecule has 0 aromatic carbocycles. The molecule has 0 unspecified atom stereocenters. The van der Waals surface area contributed by atoms with E-state index in [0.717, 1.165) is 24.8 Å². The van der Waals surface area contributed by atoms with Crippen molar-refractivity contribution in [2.45, 2.75) is 53.4 Å². The van der Waals surface area contributed by atoms with Crippen molar-refractivity contribution in [1.29, 1.82) is 5.41 Å². The van der Waals surface area contributed by atoms with E-state index in [1.54, 1.807) is 0 Å². The Hall–Kier alpha value is -0.920. The lowest BCUT2D eigenvalue weighted by atomic mass is 9.89. The van der Waals surface area contributed by atoms with Crippen LogP contribution in [0.1, 0.15) is 53.4 Å². The molecule has 0 spiro atoms. The first-order valence-electron chi connectivity index (χ1n) is 5.41. The summed E-state index contributed by atoms with van der Waals surface area (Å²) < 4.78 is 0. The van der Waals surface area contributed by atoms with Gasteiger partial charge in [-0.1, -0.05) is 19.4 Å². The number of allylic oxidation sites excluding steroid dienone is 2. The van der Waals surface area contributed by atoms with Crippen molar-refractivity contribution in [3.63, 3.8) is 0 Å². The molecule has 0 fully saturated rings. The van der Waals surface area contributed by atoms with Gasteiger partial charge in [0, 0.05) is 6.92 Å². The fraction of sp³-hybridized carbons (Fsp3) is 0.667. The molecule has 0 aromatic rings. The molecule has 2 nitrogen and oxygen atoms in total. The Labute approximate surface area is 86.9 Å². The van der Waals surface area contributed by atoms with Crippen molar-refractivity contribution in [2.24, 2.45) is 0 Å². The van der Waals surface area contributed by atoms with Gasteiger partial charge in [-0.15, -0.1) is 0 Å². The van der Waals surface area contributed by atoms with Crippen LogP contribution in [-0.2, 0) is 4.79 Å². The predicted molar refractivity (Wildman–Crippen MR) is 60.9 cm³/mol. The zero-order valence-corrected chi connectivity index (χ0v) is 9.74. The van der Waals surface area contributed by atoms with Crippen molar-refractivity contribution in [3.05, 3.63) is 11.1 Å². The molecular weight excluding hydrogens is 174 g/mol. The van der Waals surface area contributed by atoms with E-state index in [4.69, 9.17) is 5.41 Å². The van der Waals surface area contributed by atoms with E-state index in [0.29, 0.717) is 0 Å². The SMILES string of the molecule is CC.CC(=O)C(=N)C1=C(C)CCCC1. The molecule has 0 bridgehead atoms. The number of carbonyl (C=O) groups excluding carboxylic acids is 1. The molecule has 0 saturated carbocycles. The summed E-state index contributed by atoms with van der Waals surface area (Å²) in [7, 11) is 0. The molecule has 0 heterocycles. The number of carbonyl (C=O) groups is 1. The zero-order chi connectivity index (χ0) is 11.1. The van der Waals surface area contributed by atoms with Crippen LogP contribution < -0.4 is 0 Å². The molecule has 0 amide bonds. The molecule has 1 N–H and O–H groups in total. The molecular formula is C12H21NO. The number of hydrogen-bond donors (Lipinski definition) is 1. The smallest absolute Gasteiger partial charge is 0.177 e. The van der Waals surface area contributed by atoms with Crippen LogP contribution in [0.25, 0.3) is 0 Å². The summed E-state index contributed by atoms with van der Waals surface area (Å²) in [6.07, 6.45) is 4.32. The monoisotopic (exact) mass is 195 g/mol. The van der Waals surface area contributed by atoms with Crippen LogP contribution >= 0.6 is 0 Å². The van der Waals surface area contributed by atoms with Gasteiger partial charge in [0.15, 0.2) is 5.78 Å². The third kappa shape index (κ3) is 3.44. The second-order valence-electron chi connectivity index (χ2n) is 3.40. The Morgan fingerprint density at radius 1 is 1.21 bits per heavy atom. The maximum Gasteiger partial charge on any atom is 0.177 e. The Balaban J connectivity index is 0.000000791. The van der Waals surface area contributed by atoms with E-state index in [1.165, 1.54) is 18.9 Å². The molecule has 0 aromatic heterocycles. The Bertz CT molecular complexity index is 248. The van der Waals surface area contributed by atoms with Gasteiger partial charge in [0.1, 0.15) is 0 Å². The van der Waals surface area contributed by atoms with E-state index in [9.17, 15) is 4.79 Å². The highest BCUT2D eigenvalue weighted by atomic mass is 16.1. The maximum atomic E-state index is 10.9. The standard InChI is InChI=1S/C10H15NO.C2H6/c1-7-5-3-4-6-9(7)10(11)8(2)12;1-2/h11H,3-6H2,1-2H3;1-2H3. The van der Waals surface area contributed by atoms with Gasteiger partial charge in [-0.25, -0.2) is 0 Å². The number of hydrogen-bond acceptors (Lipinski definition) is 2. The summed E-state index contributed by atoms with van der Waals surface area (Å²) in [5.74, 6) is -0.105. The lowest BCUT2D eigenvalue weighted by molar-refractivity contribution is -0.111. The highest BCUT2D eigenvalue weighted by Gasteiger charge is 2.15. The van der Waals surface area contributed by atoms with Crippen molar-refractivity contribution in [2.75, 3.05) is 0 Å². The first-order chi connectivity index (χ1) is 6.63. The topological polar surface area (TPSA) is 40.9 Å². The van der Waals surface area contributed by atoms with Crippen molar-refractivity contribution in [3.8, 4) is 0 Å². The second-order valence-corrected chi connectivity index (χ2v) is 3.40.